The van der Waals surface area contributed by atoms with Crippen LogP contribution in [-0.4, -0.2) is 0 Å². The van der Waals surface area contributed by atoms with Gasteiger partial charge in [0.25, 0.3) is 0 Å². The van der Waals surface area contributed by atoms with Crippen molar-refractivity contribution in [1.29, 1.82) is 0 Å². The number of hydrogen-bond donors (Lipinski definition) is 0. The van der Waals surface area contributed by atoms with E-state index in [1.165, 1.54) is 25.7 Å². The van der Waals surface area contributed by atoms with Gasteiger partial charge in [-0.2, -0.15) is 0 Å². The maximum absolute atomic E-state index is 2.32. The van der Waals surface area contributed by atoms with Crippen LogP contribution in [0.4, 0.5) is 0 Å². The molecule has 0 bridgehead atoms. The quantitative estimate of drug-likeness (QED) is 0.534. The van der Waals surface area contributed by atoms with Gasteiger partial charge >= 0.3 is 0 Å². The van der Waals surface area contributed by atoms with Gasteiger partial charge in [-0.05, 0) is 18.3 Å². The Morgan fingerprint density at radius 1 is 1.33 bits per heavy atom. The Labute approximate surface area is 59.7 Å². The van der Waals surface area contributed by atoms with E-state index in [0.29, 0.717) is 0 Å². The first kappa shape index (κ1) is 9.00. The van der Waals surface area contributed by atoms with E-state index in [0.717, 1.165) is 11.8 Å². The molecule has 1 aliphatic rings. The lowest BCUT2D eigenvalue weighted by Gasteiger charge is -2.26. The Morgan fingerprint density at radius 3 is 2.00 bits per heavy atom. The summed E-state index contributed by atoms with van der Waals surface area (Å²) in [7, 11) is 0. The second kappa shape index (κ2) is 3.92. The van der Waals surface area contributed by atoms with E-state index < -0.39 is 0 Å². The third kappa shape index (κ3) is 2.88. The summed E-state index contributed by atoms with van der Waals surface area (Å²) in [6.45, 7) is 4.64. The van der Waals surface area contributed by atoms with E-state index in [9.17, 15) is 0 Å². The van der Waals surface area contributed by atoms with E-state index in [1.54, 1.807) is 0 Å². The molecular formula is C9H20. The highest BCUT2D eigenvalue weighted by Crippen LogP contribution is 2.31. The lowest BCUT2D eigenvalue weighted by molar-refractivity contribution is 0.264. The molecule has 0 aromatic carbocycles. The van der Waals surface area contributed by atoms with Crippen molar-refractivity contribution in [3.8, 4) is 0 Å². The summed E-state index contributed by atoms with van der Waals surface area (Å²) in [5.41, 5.74) is 0. The van der Waals surface area contributed by atoms with Crippen LogP contribution in [0, 0.1) is 11.8 Å². The lowest BCUT2D eigenvalue weighted by Crippen LogP contribution is -2.12. The van der Waals surface area contributed by atoms with Crippen molar-refractivity contribution < 1.29 is 0 Å². The normalized spacial score (nSPS) is 19.0. The summed E-state index contributed by atoms with van der Waals surface area (Å²) >= 11 is 0. The molecule has 0 unspecified atom stereocenters. The number of rotatable bonds is 2. The molecule has 1 aliphatic carbocycles. The molecule has 0 nitrogen and oxygen atoms in total. The van der Waals surface area contributed by atoms with Crippen LogP contribution >= 0.6 is 0 Å². The fraction of sp³-hybridized carbons (Fsp3) is 1.00. The first-order chi connectivity index (χ1) is 3.79. The average Bonchev–Trinajstić information content (AvgIpc) is 1.55. The van der Waals surface area contributed by atoms with Crippen molar-refractivity contribution in [3.63, 3.8) is 0 Å². The highest BCUT2D eigenvalue weighted by Gasteiger charge is 2.17. The molecule has 0 amide bonds. The molecule has 0 aromatic heterocycles. The van der Waals surface area contributed by atoms with E-state index in [-0.39, 0.29) is 7.43 Å². The van der Waals surface area contributed by atoms with Gasteiger partial charge in [0.15, 0.2) is 0 Å². The van der Waals surface area contributed by atoms with Crippen molar-refractivity contribution in [2.45, 2.75) is 47.0 Å². The molecule has 0 aromatic rings. The van der Waals surface area contributed by atoms with Crippen LogP contribution in [0.1, 0.15) is 47.0 Å². The van der Waals surface area contributed by atoms with Crippen LogP contribution in [0.2, 0.25) is 0 Å². The van der Waals surface area contributed by atoms with Gasteiger partial charge in [0.2, 0.25) is 0 Å². The summed E-state index contributed by atoms with van der Waals surface area (Å²) in [4.78, 5) is 0. The zero-order chi connectivity index (χ0) is 5.98. The molecule has 0 heterocycles. The maximum atomic E-state index is 2.32. The van der Waals surface area contributed by atoms with Crippen LogP contribution in [0.5, 0.6) is 0 Å². The fourth-order valence-electron chi connectivity index (χ4n) is 1.40. The summed E-state index contributed by atoms with van der Waals surface area (Å²) < 4.78 is 0. The Bertz CT molecular complexity index is 60.4. The zero-order valence-electron chi connectivity index (χ0n) is 5.98. The topological polar surface area (TPSA) is 0 Å². The Hall–Kier alpha value is 0. The second-order valence-corrected chi connectivity index (χ2v) is 3.43. The third-order valence-electron chi connectivity index (χ3n) is 2.03. The molecule has 56 valence electrons. The molecule has 0 saturated heterocycles. The highest BCUT2D eigenvalue weighted by molar-refractivity contribution is 4.70. The van der Waals surface area contributed by atoms with Crippen molar-refractivity contribution in [2.75, 3.05) is 0 Å². The van der Waals surface area contributed by atoms with Crippen molar-refractivity contribution in [1.82, 2.24) is 0 Å². The molecule has 1 saturated carbocycles. The van der Waals surface area contributed by atoms with E-state index >= 15 is 0 Å². The molecule has 1 rings (SSSR count). The summed E-state index contributed by atoms with van der Waals surface area (Å²) in [5.74, 6) is 2.04. The Morgan fingerprint density at radius 2 is 1.89 bits per heavy atom. The molecule has 0 aliphatic heterocycles. The van der Waals surface area contributed by atoms with Gasteiger partial charge in [-0.1, -0.05) is 40.5 Å². The van der Waals surface area contributed by atoms with Gasteiger partial charge in [0, 0.05) is 0 Å². The Kier molecular flexibility index (Phi) is 3.92. The van der Waals surface area contributed by atoms with Crippen molar-refractivity contribution in [2.24, 2.45) is 11.8 Å². The lowest BCUT2D eigenvalue weighted by atomic mass is 9.80. The molecule has 0 N–H and O–H groups in total. The van der Waals surface area contributed by atoms with Crippen LogP contribution in [-0.2, 0) is 0 Å². The smallest absolute Gasteiger partial charge is 0.0412 e. The fourth-order valence-corrected chi connectivity index (χ4v) is 1.40. The maximum Gasteiger partial charge on any atom is -0.0412 e. The first-order valence-corrected chi connectivity index (χ1v) is 3.79. The highest BCUT2D eigenvalue weighted by atomic mass is 14.2. The van der Waals surface area contributed by atoms with Crippen LogP contribution in [0.25, 0.3) is 0 Å². The van der Waals surface area contributed by atoms with Crippen molar-refractivity contribution in [3.05, 3.63) is 0 Å². The average molecular weight is 128 g/mol. The largest absolute Gasteiger partial charge is 0.0776 e. The van der Waals surface area contributed by atoms with Crippen LogP contribution in [0.15, 0.2) is 0 Å². The minimum absolute atomic E-state index is 0. The summed E-state index contributed by atoms with van der Waals surface area (Å²) in [6, 6.07) is 0. The van der Waals surface area contributed by atoms with Gasteiger partial charge in [0.05, 0.1) is 0 Å². The van der Waals surface area contributed by atoms with Gasteiger partial charge in [-0.15, -0.1) is 0 Å². The number of hydrogen-bond acceptors (Lipinski definition) is 0. The van der Waals surface area contributed by atoms with Crippen LogP contribution in [0.3, 0.4) is 0 Å². The van der Waals surface area contributed by atoms with Gasteiger partial charge < -0.3 is 0 Å². The predicted octanol–water partition coefficient (Wildman–Crippen LogP) is 3.47. The standard InChI is InChI=1S/C8H16.CH4/c1-7(2)6-8-4-3-5-8;/h7-8H,3-6H2,1-2H3;1H4. The SMILES string of the molecule is C.CC(C)CC1CCC1. The molecule has 0 spiro atoms. The Balaban J connectivity index is 0.000000640. The monoisotopic (exact) mass is 128 g/mol. The molecule has 1 fully saturated rings. The molecule has 0 radical (unpaired) electrons. The summed E-state index contributed by atoms with van der Waals surface area (Å²) in [6.07, 6.45) is 5.99. The first-order valence-electron chi connectivity index (χ1n) is 3.79. The molecule has 9 heavy (non-hydrogen) atoms. The molecule has 0 atom stereocenters. The van der Waals surface area contributed by atoms with Gasteiger partial charge in [-0.25, -0.2) is 0 Å². The molecule has 0 heteroatoms. The van der Waals surface area contributed by atoms with E-state index in [4.69, 9.17) is 0 Å². The van der Waals surface area contributed by atoms with Crippen molar-refractivity contribution >= 4 is 0 Å². The predicted molar refractivity (Wildman–Crippen MR) is 43.5 cm³/mol. The minimum Gasteiger partial charge on any atom is -0.0776 e. The summed E-state index contributed by atoms with van der Waals surface area (Å²) in [5, 5.41) is 0. The van der Waals surface area contributed by atoms with Gasteiger partial charge in [-0.3, -0.25) is 0 Å². The van der Waals surface area contributed by atoms with E-state index in [2.05, 4.69) is 13.8 Å². The molecular weight excluding hydrogens is 108 g/mol. The van der Waals surface area contributed by atoms with Gasteiger partial charge in [0.1, 0.15) is 0 Å². The third-order valence-corrected chi connectivity index (χ3v) is 2.03. The zero-order valence-corrected chi connectivity index (χ0v) is 5.98. The van der Waals surface area contributed by atoms with E-state index in [1.807, 2.05) is 0 Å². The minimum atomic E-state index is 0. The second-order valence-electron chi connectivity index (χ2n) is 3.43. The van der Waals surface area contributed by atoms with Crippen LogP contribution < -0.4 is 0 Å².